The van der Waals surface area contributed by atoms with E-state index in [1.807, 2.05) is 0 Å². The normalized spacial score (nSPS) is 32.2. The van der Waals surface area contributed by atoms with Crippen LogP contribution in [0.5, 0.6) is 0 Å². The Morgan fingerprint density at radius 3 is 2.71 bits per heavy atom. The molecule has 4 heteroatoms. The third-order valence-corrected chi connectivity index (χ3v) is 4.26. The number of nitrogens with zero attached hydrogens (tertiary/aromatic N) is 2. The number of carbonyl (C=O) groups excluding carboxylic acids is 1. The van der Waals surface area contributed by atoms with Gasteiger partial charge in [-0.15, -0.1) is 0 Å². The zero-order chi connectivity index (χ0) is 12.3. The maximum absolute atomic E-state index is 11.3. The molecule has 0 aromatic rings. The molecule has 2 aliphatic rings. The van der Waals surface area contributed by atoms with Crippen LogP contribution in [0.1, 0.15) is 19.3 Å². The van der Waals surface area contributed by atoms with Gasteiger partial charge >= 0.3 is 0 Å². The summed E-state index contributed by atoms with van der Waals surface area (Å²) in [6, 6.07) is 0.628. The number of hydrogen-bond acceptors (Lipinski definition) is 4. The second-order valence-electron chi connectivity index (χ2n) is 5.73. The molecule has 0 aromatic heterocycles. The van der Waals surface area contributed by atoms with Crippen LogP contribution in [-0.2, 0) is 9.53 Å². The fourth-order valence-electron chi connectivity index (χ4n) is 2.94. The van der Waals surface area contributed by atoms with E-state index in [1.54, 1.807) is 0 Å². The molecule has 0 N–H and O–H groups in total. The third kappa shape index (κ3) is 3.06. The minimum absolute atomic E-state index is 0.238. The Morgan fingerprint density at radius 1 is 1.47 bits per heavy atom. The number of likely N-dealkylation sites (tertiary alicyclic amines) is 1. The highest BCUT2D eigenvalue weighted by Gasteiger charge is 2.37. The summed E-state index contributed by atoms with van der Waals surface area (Å²) in [5.74, 6) is 0. The van der Waals surface area contributed by atoms with Crippen molar-refractivity contribution in [2.45, 2.75) is 25.3 Å². The maximum Gasteiger partial charge on any atom is 0.129 e. The number of hydrogen-bond donors (Lipinski definition) is 0. The molecule has 17 heavy (non-hydrogen) atoms. The first-order valence-electron chi connectivity index (χ1n) is 6.58. The lowest BCUT2D eigenvalue weighted by atomic mass is 9.87. The van der Waals surface area contributed by atoms with Crippen LogP contribution in [0.15, 0.2) is 0 Å². The minimum Gasteiger partial charge on any atom is -0.380 e. The van der Waals surface area contributed by atoms with Crippen molar-refractivity contribution < 1.29 is 9.53 Å². The smallest absolute Gasteiger partial charge is 0.129 e. The first-order valence-corrected chi connectivity index (χ1v) is 6.58. The van der Waals surface area contributed by atoms with Crippen LogP contribution in [0.2, 0.25) is 0 Å². The van der Waals surface area contributed by atoms with Gasteiger partial charge in [0, 0.05) is 19.2 Å². The fraction of sp³-hybridized carbons (Fsp3) is 0.923. The zero-order valence-corrected chi connectivity index (χ0v) is 11.0. The van der Waals surface area contributed by atoms with Gasteiger partial charge in [-0.05, 0) is 46.4 Å². The Labute approximate surface area is 104 Å². The molecular formula is C13H24N2O2. The Balaban J connectivity index is 1.87. The Bertz CT molecular complexity index is 256. The largest absolute Gasteiger partial charge is 0.380 e. The van der Waals surface area contributed by atoms with E-state index in [-0.39, 0.29) is 5.41 Å². The topological polar surface area (TPSA) is 32.8 Å². The van der Waals surface area contributed by atoms with Crippen molar-refractivity contribution in [1.82, 2.24) is 9.80 Å². The zero-order valence-electron chi connectivity index (χ0n) is 11.0. The molecule has 4 nitrogen and oxygen atoms in total. The summed E-state index contributed by atoms with van der Waals surface area (Å²) >= 11 is 0. The van der Waals surface area contributed by atoms with Crippen molar-refractivity contribution in [2.24, 2.45) is 5.41 Å². The van der Waals surface area contributed by atoms with Crippen LogP contribution in [0.4, 0.5) is 0 Å². The van der Waals surface area contributed by atoms with Crippen LogP contribution in [-0.4, -0.2) is 69.1 Å². The summed E-state index contributed by atoms with van der Waals surface area (Å²) in [6.45, 7) is 4.53. The molecule has 1 atom stereocenters. The molecule has 2 rings (SSSR count). The lowest BCUT2D eigenvalue weighted by Gasteiger charge is -2.38. The Kier molecular flexibility index (Phi) is 4.17. The molecule has 2 fully saturated rings. The molecule has 0 spiro atoms. The van der Waals surface area contributed by atoms with E-state index in [1.165, 1.54) is 25.9 Å². The van der Waals surface area contributed by atoms with Gasteiger partial charge in [0.15, 0.2) is 0 Å². The molecule has 0 aromatic carbocycles. The summed E-state index contributed by atoms with van der Waals surface area (Å²) in [5.41, 5.74) is -0.238. The number of rotatable bonds is 4. The van der Waals surface area contributed by atoms with Crippen LogP contribution >= 0.6 is 0 Å². The molecule has 1 unspecified atom stereocenters. The van der Waals surface area contributed by atoms with Crippen LogP contribution in [0.3, 0.4) is 0 Å². The van der Waals surface area contributed by atoms with Crippen molar-refractivity contribution in [3.05, 3.63) is 0 Å². The molecule has 0 saturated carbocycles. The number of ether oxygens (including phenoxy) is 1. The second-order valence-corrected chi connectivity index (χ2v) is 5.73. The number of piperidine rings is 1. The van der Waals surface area contributed by atoms with E-state index in [0.717, 1.165) is 25.9 Å². The Morgan fingerprint density at radius 2 is 2.18 bits per heavy atom. The molecule has 98 valence electrons. The predicted molar refractivity (Wildman–Crippen MR) is 67.1 cm³/mol. The first kappa shape index (κ1) is 13.0. The molecule has 0 aliphatic carbocycles. The predicted octanol–water partition coefficient (Wildman–Crippen LogP) is 0.618. The van der Waals surface area contributed by atoms with Gasteiger partial charge in [-0.25, -0.2) is 0 Å². The maximum atomic E-state index is 11.3. The Hall–Kier alpha value is -0.450. The molecule has 2 saturated heterocycles. The van der Waals surface area contributed by atoms with Gasteiger partial charge in [-0.2, -0.15) is 0 Å². The lowest BCUT2D eigenvalue weighted by Crippen LogP contribution is -2.47. The fourth-order valence-corrected chi connectivity index (χ4v) is 2.94. The lowest BCUT2D eigenvalue weighted by molar-refractivity contribution is -0.117. The van der Waals surface area contributed by atoms with Crippen LogP contribution in [0, 0.1) is 5.41 Å². The first-order chi connectivity index (χ1) is 8.15. The molecule has 0 radical (unpaired) electrons. The molecule has 0 bridgehead atoms. The van der Waals surface area contributed by atoms with Crippen molar-refractivity contribution >= 4 is 6.29 Å². The van der Waals surface area contributed by atoms with E-state index < -0.39 is 0 Å². The van der Waals surface area contributed by atoms with Gasteiger partial charge in [0.1, 0.15) is 6.29 Å². The number of carbonyl (C=O) groups is 1. The average Bonchev–Trinajstić information content (AvgIpc) is 2.79. The van der Waals surface area contributed by atoms with Gasteiger partial charge in [0.25, 0.3) is 0 Å². The standard InChI is InChI=1S/C13H24N2O2/c1-14-6-3-12(4-7-14)15(2)9-13(10-16)5-8-17-11-13/h10,12H,3-9,11H2,1-2H3. The summed E-state index contributed by atoms with van der Waals surface area (Å²) in [5, 5.41) is 0. The second kappa shape index (κ2) is 5.46. The van der Waals surface area contributed by atoms with Crippen molar-refractivity contribution in [3.63, 3.8) is 0 Å². The summed E-state index contributed by atoms with van der Waals surface area (Å²) < 4.78 is 5.39. The van der Waals surface area contributed by atoms with Gasteiger partial charge < -0.3 is 19.3 Å². The van der Waals surface area contributed by atoms with E-state index in [9.17, 15) is 4.79 Å². The minimum atomic E-state index is -0.238. The van der Waals surface area contributed by atoms with Gasteiger partial charge in [0.05, 0.1) is 12.0 Å². The van der Waals surface area contributed by atoms with Gasteiger partial charge in [0.2, 0.25) is 0 Å². The summed E-state index contributed by atoms with van der Waals surface area (Å²) in [6.07, 6.45) is 4.42. The van der Waals surface area contributed by atoms with Crippen molar-refractivity contribution in [1.29, 1.82) is 0 Å². The van der Waals surface area contributed by atoms with Gasteiger partial charge in [-0.1, -0.05) is 0 Å². The van der Waals surface area contributed by atoms with E-state index >= 15 is 0 Å². The molecule has 0 amide bonds. The van der Waals surface area contributed by atoms with E-state index in [2.05, 4.69) is 23.9 Å². The van der Waals surface area contributed by atoms with Gasteiger partial charge in [-0.3, -0.25) is 0 Å². The molecule has 2 aliphatic heterocycles. The molecule has 2 heterocycles. The highest BCUT2D eigenvalue weighted by Crippen LogP contribution is 2.28. The number of aldehydes is 1. The summed E-state index contributed by atoms with van der Waals surface area (Å²) in [7, 11) is 4.33. The highest BCUT2D eigenvalue weighted by atomic mass is 16.5. The van der Waals surface area contributed by atoms with Crippen molar-refractivity contribution in [2.75, 3.05) is 46.9 Å². The van der Waals surface area contributed by atoms with Crippen LogP contribution in [0.25, 0.3) is 0 Å². The monoisotopic (exact) mass is 240 g/mol. The average molecular weight is 240 g/mol. The highest BCUT2D eigenvalue weighted by molar-refractivity contribution is 5.60. The third-order valence-electron chi connectivity index (χ3n) is 4.26. The van der Waals surface area contributed by atoms with E-state index in [0.29, 0.717) is 12.6 Å². The quantitative estimate of drug-likeness (QED) is 0.674. The summed E-state index contributed by atoms with van der Waals surface area (Å²) in [4.78, 5) is 16.0. The van der Waals surface area contributed by atoms with Crippen molar-refractivity contribution in [3.8, 4) is 0 Å². The SMILES string of the molecule is CN1CCC(N(C)CC2(C=O)CCOC2)CC1. The van der Waals surface area contributed by atoms with E-state index in [4.69, 9.17) is 4.74 Å². The van der Waals surface area contributed by atoms with Crippen LogP contribution < -0.4 is 0 Å². The molecular weight excluding hydrogens is 216 g/mol.